The van der Waals surface area contributed by atoms with Crippen molar-refractivity contribution < 1.29 is 30.0 Å². The van der Waals surface area contributed by atoms with Gasteiger partial charge in [-0.3, -0.25) is 9.59 Å². The van der Waals surface area contributed by atoms with Crippen molar-refractivity contribution in [2.45, 2.75) is 0 Å². The van der Waals surface area contributed by atoms with Gasteiger partial charge < -0.3 is 31.1 Å². The van der Waals surface area contributed by atoms with E-state index in [9.17, 15) is 19.8 Å². The highest BCUT2D eigenvalue weighted by atomic mass is 16.3. The zero-order valence-electron chi connectivity index (χ0n) is 10.6. The zero-order valence-corrected chi connectivity index (χ0v) is 10.6. The van der Waals surface area contributed by atoms with E-state index in [0.29, 0.717) is 0 Å². The molecule has 0 saturated heterocycles. The van der Waals surface area contributed by atoms with Crippen molar-refractivity contribution in [2.75, 3.05) is 26.3 Å². The Hall–Kier alpha value is -2.32. The number of benzene rings is 1. The first-order chi connectivity index (χ1) is 9.51. The van der Waals surface area contributed by atoms with Crippen molar-refractivity contribution in [3.05, 3.63) is 23.3 Å². The molecule has 0 spiro atoms. The molecular weight excluding hydrogens is 268 g/mol. The number of nitrogens with one attached hydrogen (secondary N) is 2. The lowest BCUT2D eigenvalue weighted by Crippen LogP contribution is -2.28. The number of hydrogen-bond donors (Lipinski definition) is 6. The molecule has 0 aromatic heterocycles. The number of aromatic hydroxyl groups is 2. The summed E-state index contributed by atoms with van der Waals surface area (Å²) in [4.78, 5) is 23.2. The van der Waals surface area contributed by atoms with Gasteiger partial charge in [-0.1, -0.05) is 0 Å². The second kappa shape index (κ2) is 7.31. The minimum absolute atomic E-state index is 0.00221. The molecule has 0 unspecified atom stereocenters. The summed E-state index contributed by atoms with van der Waals surface area (Å²) in [7, 11) is 0. The van der Waals surface area contributed by atoms with Gasteiger partial charge >= 0.3 is 0 Å². The molecule has 110 valence electrons. The Balaban J connectivity index is 2.96. The van der Waals surface area contributed by atoms with Crippen molar-refractivity contribution in [3.63, 3.8) is 0 Å². The Morgan fingerprint density at radius 2 is 1.20 bits per heavy atom. The third kappa shape index (κ3) is 3.84. The maximum absolute atomic E-state index is 11.6. The number of hydrogen-bond acceptors (Lipinski definition) is 6. The van der Waals surface area contributed by atoms with Crippen LogP contribution >= 0.6 is 0 Å². The van der Waals surface area contributed by atoms with Crippen molar-refractivity contribution in [3.8, 4) is 11.5 Å². The minimum atomic E-state index is -0.686. The average Bonchev–Trinajstić information content (AvgIpc) is 2.44. The van der Waals surface area contributed by atoms with Gasteiger partial charge in [-0.05, 0) is 12.1 Å². The average molecular weight is 284 g/mol. The van der Waals surface area contributed by atoms with Gasteiger partial charge in [0.15, 0.2) is 0 Å². The third-order valence-electron chi connectivity index (χ3n) is 2.40. The Morgan fingerprint density at radius 3 is 1.50 bits per heavy atom. The van der Waals surface area contributed by atoms with Gasteiger partial charge in [-0.25, -0.2) is 0 Å². The number of phenolic OH excluding ortho intramolecular Hbond substituents is 2. The van der Waals surface area contributed by atoms with Crippen molar-refractivity contribution in [1.82, 2.24) is 10.6 Å². The molecule has 6 N–H and O–H groups in total. The topological polar surface area (TPSA) is 139 Å². The van der Waals surface area contributed by atoms with Crippen LogP contribution in [0, 0.1) is 0 Å². The van der Waals surface area contributed by atoms with E-state index >= 15 is 0 Å². The maximum atomic E-state index is 11.6. The molecule has 0 heterocycles. The lowest BCUT2D eigenvalue weighted by Gasteiger charge is -2.10. The van der Waals surface area contributed by atoms with Gasteiger partial charge in [0.2, 0.25) is 0 Å². The van der Waals surface area contributed by atoms with Crippen LogP contribution in [0.15, 0.2) is 12.1 Å². The molecule has 0 radical (unpaired) electrons. The number of amides is 2. The lowest BCUT2D eigenvalue weighted by atomic mass is 10.1. The Morgan fingerprint density at radius 1 is 0.850 bits per heavy atom. The molecule has 0 bridgehead atoms. The molecule has 1 aromatic rings. The van der Waals surface area contributed by atoms with Gasteiger partial charge in [0.25, 0.3) is 11.8 Å². The number of phenols is 2. The van der Waals surface area contributed by atoms with E-state index in [2.05, 4.69) is 10.6 Å². The summed E-state index contributed by atoms with van der Waals surface area (Å²) >= 11 is 0. The van der Waals surface area contributed by atoms with Crippen LogP contribution in [0.1, 0.15) is 20.7 Å². The molecule has 20 heavy (non-hydrogen) atoms. The molecular formula is C12H16N2O6. The molecule has 2 amide bonds. The van der Waals surface area contributed by atoms with E-state index in [4.69, 9.17) is 10.2 Å². The molecule has 0 aliphatic carbocycles. The normalized spacial score (nSPS) is 10.1. The maximum Gasteiger partial charge on any atom is 0.255 e. The van der Waals surface area contributed by atoms with Crippen LogP contribution in [0.3, 0.4) is 0 Å². The second-order valence-corrected chi connectivity index (χ2v) is 3.85. The summed E-state index contributed by atoms with van der Waals surface area (Å²) in [6, 6.07) is 1.91. The molecule has 0 saturated carbocycles. The first-order valence-electron chi connectivity index (χ1n) is 5.85. The summed E-state index contributed by atoms with van der Waals surface area (Å²) in [5.74, 6) is -2.33. The third-order valence-corrected chi connectivity index (χ3v) is 2.40. The first kappa shape index (κ1) is 15.7. The van der Waals surface area contributed by atoms with Gasteiger partial charge in [0, 0.05) is 13.1 Å². The number of carbonyl (C=O) groups is 2. The number of rotatable bonds is 6. The summed E-state index contributed by atoms with van der Waals surface area (Å²) in [5.41, 5.74) is -0.427. The van der Waals surface area contributed by atoms with E-state index in [0.717, 1.165) is 12.1 Å². The van der Waals surface area contributed by atoms with Crippen molar-refractivity contribution in [2.24, 2.45) is 0 Å². The summed E-state index contributed by atoms with van der Waals surface area (Å²) in [6.07, 6.45) is 0. The van der Waals surface area contributed by atoms with Crippen molar-refractivity contribution >= 4 is 11.8 Å². The van der Waals surface area contributed by atoms with E-state index in [1.54, 1.807) is 0 Å². The van der Waals surface area contributed by atoms with Crippen molar-refractivity contribution in [1.29, 1.82) is 0 Å². The fraction of sp³-hybridized carbons (Fsp3) is 0.333. The van der Waals surface area contributed by atoms with Gasteiger partial charge in [-0.15, -0.1) is 0 Å². The minimum Gasteiger partial charge on any atom is -0.507 e. The predicted octanol–water partition coefficient (Wildman–Crippen LogP) is -1.46. The quantitative estimate of drug-likeness (QED) is 0.353. The van der Waals surface area contributed by atoms with Crippen LogP contribution in [0.25, 0.3) is 0 Å². The Kier molecular flexibility index (Phi) is 5.75. The van der Waals surface area contributed by atoms with E-state index in [1.807, 2.05) is 0 Å². The van der Waals surface area contributed by atoms with E-state index in [-0.39, 0.29) is 37.4 Å². The highest BCUT2D eigenvalue weighted by Gasteiger charge is 2.18. The number of aliphatic hydroxyl groups excluding tert-OH is 2. The lowest BCUT2D eigenvalue weighted by molar-refractivity contribution is 0.0928. The summed E-state index contributed by atoms with van der Waals surface area (Å²) in [6.45, 7) is -0.532. The van der Waals surface area contributed by atoms with Crippen LogP contribution in [0.4, 0.5) is 0 Å². The van der Waals surface area contributed by atoms with Crippen LogP contribution in [-0.2, 0) is 0 Å². The van der Waals surface area contributed by atoms with Gasteiger partial charge in [0.05, 0.1) is 24.3 Å². The Bertz CT molecular complexity index is 457. The summed E-state index contributed by atoms with van der Waals surface area (Å²) in [5, 5.41) is 41.2. The number of carbonyl (C=O) groups excluding carboxylic acids is 2. The predicted molar refractivity (Wildman–Crippen MR) is 68.6 cm³/mol. The van der Waals surface area contributed by atoms with Gasteiger partial charge in [-0.2, -0.15) is 0 Å². The fourth-order valence-corrected chi connectivity index (χ4v) is 1.47. The molecule has 8 nitrogen and oxygen atoms in total. The molecule has 1 rings (SSSR count). The highest BCUT2D eigenvalue weighted by Crippen LogP contribution is 2.27. The second-order valence-electron chi connectivity index (χ2n) is 3.85. The molecule has 0 aliphatic heterocycles. The SMILES string of the molecule is O=C(NCCO)c1cc(O)c(C(=O)NCCO)cc1O. The Labute approximate surface area is 114 Å². The molecule has 8 heteroatoms. The highest BCUT2D eigenvalue weighted by molar-refractivity contribution is 6.02. The standard InChI is InChI=1S/C12H16N2O6/c15-3-1-13-11(19)7-5-10(18)8(6-9(7)17)12(20)14-2-4-16/h5-6,15-18H,1-4H2,(H,13,19)(H,14,20). The molecule has 0 aliphatic rings. The molecule has 0 fully saturated rings. The van der Waals surface area contributed by atoms with Crippen LogP contribution in [-0.4, -0.2) is 58.5 Å². The fourth-order valence-electron chi connectivity index (χ4n) is 1.47. The van der Waals surface area contributed by atoms with Crippen LogP contribution in [0.5, 0.6) is 11.5 Å². The number of aliphatic hydroxyl groups is 2. The van der Waals surface area contributed by atoms with Gasteiger partial charge in [0.1, 0.15) is 11.5 Å². The summed E-state index contributed by atoms with van der Waals surface area (Å²) < 4.78 is 0. The van der Waals surface area contributed by atoms with Crippen LogP contribution < -0.4 is 10.6 Å². The van der Waals surface area contributed by atoms with E-state index < -0.39 is 23.3 Å². The molecule has 1 aromatic carbocycles. The smallest absolute Gasteiger partial charge is 0.255 e. The first-order valence-corrected chi connectivity index (χ1v) is 5.85. The monoisotopic (exact) mass is 284 g/mol. The zero-order chi connectivity index (χ0) is 15.1. The largest absolute Gasteiger partial charge is 0.507 e. The molecule has 0 atom stereocenters. The van der Waals surface area contributed by atoms with E-state index in [1.165, 1.54) is 0 Å². The van der Waals surface area contributed by atoms with Crippen LogP contribution in [0.2, 0.25) is 0 Å².